The zero-order valence-corrected chi connectivity index (χ0v) is 9.63. The van der Waals surface area contributed by atoms with Crippen LogP contribution in [-0.2, 0) is 0 Å². The Labute approximate surface area is 102 Å². The predicted octanol–water partition coefficient (Wildman–Crippen LogP) is 3.11. The third-order valence-corrected chi connectivity index (χ3v) is 2.56. The largest absolute Gasteiger partial charge is 0.381 e. The molecule has 0 aliphatic heterocycles. The van der Waals surface area contributed by atoms with Crippen LogP contribution in [0.5, 0.6) is 0 Å². The number of nitrogens with two attached hydrogens (primary N) is 1. The van der Waals surface area contributed by atoms with E-state index in [4.69, 9.17) is 28.9 Å². The first-order chi connectivity index (χ1) is 7.68. The van der Waals surface area contributed by atoms with E-state index in [9.17, 15) is 0 Å². The number of benzene rings is 1. The number of hydrogen-bond donors (Lipinski definition) is 2. The Kier molecular flexibility index (Phi) is 3.12. The summed E-state index contributed by atoms with van der Waals surface area (Å²) >= 11 is 12.0. The van der Waals surface area contributed by atoms with Crippen LogP contribution in [0.25, 0.3) is 0 Å². The molecule has 1 heterocycles. The average molecular weight is 255 g/mol. The van der Waals surface area contributed by atoms with Gasteiger partial charge in [0.1, 0.15) is 0 Å². The number of nitrogen functional groups attached to an aromatic ring is 1. The molecule has 2 rings (SSSR count). The van der Waals surface area contributed by atoms with Crippen molar-refractivity contribution in [3.8, 4) is 0 Å². The molecule has 0 aliphatic rings. The van der Waals surface area contributed by atoms with Crippen molar-refractivity contribution in [2.45, 2.75) is 0 Å². The summed E-state index contributed by atoms with van der Waals surface area (Å²) in [5, 5.41) is 3.94. The van der Waals surface area contributed by atoms with Crippen LogP contribution >= 0.6 is 23.2 Å². The van der Waals surface area contributed by atoms with Gasteiger partial charge in [-0.05, 0) is 12.1 Å². The number of nitrogens with one attached hydrogen (secondary N) is 1. The highest BCUT2D eigenvalue weighted by atomic mass is 35.5. The van der Waals surface area contributed by atoms with Gasteiger partial charge < -0.3 is 11.1 Å². The highest BCUT2D eigenvalue weighted by Gasteiger charge is 2.08. The van der Waals surface area contributed by atoms with Crippen LogP contribution in [-0.4, -0.2) is 9.97 Å². The second-order valence-electron chi connectivity index (χ2n) is 3.01. The molecule has 1 aromatic heterocycles. The van der Waals surface area contributed by atoms with Crippen molar-refractivity contribution in [1.82, 2.24) is 9.97 Å². The SMILES string of the molecule is Nc1nccnc1Nc1c(Cl)cccc1Cl. The van der Waals surface area contributed by atoms with E-state index in [1.54, 1.807) is 18.2 Å². The van der Waals surface area contributed by atoms with Crippen molar-refractivity contribution in [3.63, 3.8) is 0 Å². The maximum Gasteiger partial charge on any atom is 0.173 e. The molecule has 16 heavy (non-hydrogen) atoms. The minimum absolute atomic E-state index is 0.290. The second kappa shape index (κ2) is 4.55. The topological polar surface area (TPSA) is 63.8 Å². The third-order valence-electron chi connectivity index (χ3n) is 1.93. The molecular weight excluding hydrogens is 247 g/mol. The summed E-state index contributed by atoms with van der Waals surface area (Å²) in [4.78, 5) is 7.94. The van der Waals surface area contributed by atoms with Gasteiger partial charge in [-0.3, -0.25) is 0 Å². The number of rotatable bonds is 2. The quantitative estimate of drug-likeness (QED) is 0.865. The normalized spacial score (nSPS) is 10.1. The second-order valence-corrected chi connectivity index (χ2v) is 3.83. The maximum atomic E-state index is 6.00. The lowest BCUT2D eigenvalue weighted by Gasteiger charge is -2.10. The van der Waals surface area contributed by atoms with Gasteiger partial charge in [-0.2, -0.15) is 0 Å². The van der Waals surface area contributed by atoms with Gasteiger partial charge in [0.2, 0.25) is 0 Å². The molecule has 2 aromatic rings. The molecule has 0 atom stereocenters. The lowest BCUT2D eigenvalue weighted by atomic mass is 10.3. The van der Waals surface area contributed by atoms with E-state index in [0.29, 0.717) is 27.4 Å². The number of halogens is 2. The monoisotopic (exact) mass is 254 g/mol. The molecule has 0 aliphatic carbocycles. The van der Waals surface area contributed by atoms with Gasteiger partial charge in [0.05, 0.1) is 15.7 Å². The molecule has 0 saturated carbocycles. The number of anilines is 3. The first-order valence-electron chi connectivity index (χ1n) is 4.46. The molecule has 0 saturated heterocycles. The lowest BCUT2D eigenvalue weighted by molar-refractivity contribution is 1.21. The Morgan fingerprint density at radius 1 is 1.06 bits per heavy atom. The highest BCUT2D eigenvalue weighted by molar-refractivity contribution is 6.39. The molecule has 0 amide bonds. The molecule has 4 nitrogen and oxygen atoms in total. The summed E-state index contributed by atoms with van der Waals surface area (Å²) in [6.07, 6.45) is 3.04. The molecule has 0 bridgehead atoms. The van der Waals surface area contributed by atoms with E-state index in [1.165, 1.54) is 12.4 Å². The van der Waals surface area contributed by atoms with E-state index < -0.39 is 0 Å². The summed E-state index contributed by atoms with van der Waals surface area (Å²) in [6.45, 7) is 0. The third kappa shape index (κ3) is 2.18. The Hall–Kier alpha value is -1.52. The van der Waals surface area contributed by atoms with Crippen LogP contribution in [0.2, 0.25) is 10.0 Å². The van der Waals surface area contributed by atoms with E-state index in [1.807, 2.05) is 0 Å². The fourth-order valence-electron chi connectivity index (χ4n) is 1.18. The first-order valence-corrected chi connectivity index (χ1v) is 5.21. The fraction of sp³-hybridized carbons (Fsp3) is 0. The molecule has 0 unspecified atom stereocenters. The van der Waals surface area contributed by atoms with Crippen molar-refractivity contribution in [1.29, 1.82) is 0 Å². The smallest absolute Gasteiger partial charge is 0.173 e. The Balaban J connectivity index is 2.38. The van der Waals surface area contributed by atoms with Gasteiger partial charge in [-0.25, -0.2) is 9.97 Å². The van der Waals surface area contributed by atoms with Crippen molar-refractivity contribution in [2.24, 2.45) is 0 Å². The van der Waals surface area contributed by atoms with Gasteiger partial charge in [0.25, 0.3) is 0 Å². The number of hydrogen-bond acceptors (Lipinski definition) is 4. The van der Waals surface area contributed by atoms with Gasteiger partial charge in [0.15, 0.2) is 11.6 Å². The van der Waals surface area contributed by atoms with E-state index >= 15 is 0 Å². The van der Waals surface area contributed by atoms with Crippen LogP contribution in [0.1, 0.15) is 0 Å². The summed E-state index contributed by atoms with van der Waals surface area (Å²) < 4.78 is 0. The number of aromatic nitrogens is 2. The molecule has 82 valence electrons. The molecule has 0 radical (unpaired) electrons. The zero-order valence-electron chi connectivity index (χ0n) is 8.11. The van der Waals surface area contributed by atoms with Crippen LogP contribution in [0.4, 0.5) is 17.3 Å². The number of nitrogens with zero attached hydrogens (tertiary/aromatic N) is 2. The molecular formula is C10H8Cl2N4. The Morgan fingerprint density at radius 2 is 1.69 bits per heavy atom. The fourth-order valence-corrected chi connectivity index (χ4v) is 1.67. The van der Waals surface area contributed by atoms with Crippen LogP contribution in [0.15, 0.2) is 30.6 Å². The summed E-state index contributed by atoms with van der Waals surface area (Å²) in [6, 6.07) is 5.21. The summed E-state index contributed by atoms with van der Waals surface area (Å²) in [5.41, 5.74) is 6.21. The zero-order chi connectivity index (χ0) is 11.5. The first kappa shape index (κ1) is 11.0. The van der Waals surface area contributed by atoms with Crippen molar-refractivity contribution in [3.05, 3.63) is 40.6 Å². The maximum absolute atomic E-state index is 6.00. The van der Waals surface area contributed by atoms with Gasteiger partial charge in [-0.1, -0.05) is 29.3 Å². The van der Waals surface area contributed by atoms with Crippen LogP contribution in [0.3, 0.4) is 0 Å². The minimum Gasteiger partial charge on any atom is -0.381 e. The number of para-hydroxylation sites is 1. The molecule has 0 fully saturated rings. The van der Waals surface area contributed by atoms with E-state index in [-0.39, 0.29) is 0 Å². The van der Waals surface area contributed by atoms with Gasteiger partial charge in [0, 0.05) is 12.4 Å². The van der Waals surface area contributed by atoms with Crippen molar-refractivity contribution < 1.29 is 0 Å². The van der Waals surface area contributed by atoms with Crippen LogP contribution in [0, 0.1) is 0 Å². The minimum atomic E-state index is 0.290. The summed E-state index contributed by atoms with van der Waals surface area (Å²) in [5.74, 6) is 0.719. The van der Waals surface area contributed by atoms with Crippen molar-refractivity contribution in [2.75, 3.05) is 11.1 Å². The van der Waals surface area contributed by atoms with E-state index in [2.05, 4.69) is 15.3 Å². The molecule has 6 heteroatoms. The molecule has 3 N–H and O–H groups in total. The summed E-state index contributed by atoms with van der Waals surface area (Å²) in [7, 11) is 0. The molecule has 0 spiro atoms. The van der Waals surface area contributed by atoms with Crippen molar-refractivity contribution >= 4 is 40.5 Å². The average Bonchev–Trinajstić information content (AvgIpc) is 2.26. The lowest BCUT2D eigenvalue weighted by Crippen LogP contribution is -2.01. The van der Waals surface area contributed by atoms with Crippen LogP contribution < -0.4 is 11.1 Å². The highest BCUT2D eigenvalue weighted by Crippen LogP contribution is 2.32. The Bertz CT molecular complexity index is 496. The molecule has 1 aromatic carbocycles. The standard InChI is InChI=1S/C10H8Cl2N4/c11-6-2-1-3-7(12)8(6)16-10-9(13)14-4-5-15-10/h1-5H,(H2,13,14)(H,15,16). The van der Waals surface area contributed by atoms with E-state index in [0.717, 1.165) is 0 Å². The van der Waals surface area contributed by atoms with Gasteiger partial charge in [-0.15, -0.1) is 0 Å². The predicted molar refractivity (Wildman–Crippen MR) is 66.2 cm³/mol. The van der Waals surface area contributed by atoms with Gasteiger partial charge >= 0.3 is 0 Å². The Morgan fingerprint density at radius 3 is 2.31 bits per heavy atom.